The minimum atomic E-state index is -0.422. The Hall–Kier alpha value is -2.63. The number of nitrogens with one attached hydrogen (secondary N) is 2. The highest BCUT2D eigenvalue weighted by Crippen LogP contribution is 2.27. The second-order valence-electron chi connectivity index (χ2n) is 3.64. The van der Waals surface area contributed by atoms with E-state index in [1.807, 2.05) is 12.1 Å². The number of rotatable bonds is 2. The van der Waals surface area contributed by atoms with Crippen LogP contribution in [-0.2, 0) is 0 Å². The van der Waals surface area contributed by atoms with Crippen LogP contribution in [0.25, 0.3) is 22.3 Å². The lowest BCUT2D eigenvalue weighted by atomic mass is 10.1. The van der Waals surface area contributed by atoms with Gasteiger partial charge in [-0.3, -0.25) is 15.2 Å². The van der Waals surface area contributed by atoms with E-state index in [-0.39, 0.29) is 5.69 Å². The normalized spacial score (nSPS) is 10.8. The van der Waals surface area contributed by atoms with Crippen molar-refractivity contribution in [3.05, 3.63) is 46.6 Å². The monoisotopic (exact) mass is 228 g/mol. The van der Waals surface area contributed by atoms with Gasteiger partial charge in [-0.1, -0.05) is 0 Å². The van der Waals surface area contributed by atoms with Crippen LogP contribution in [0.2, 0.25) is 0 Å². The van der Waals surface area contributed by atoms with Crippen molar-refractivity contribution in [2.45, 2.75) is 0 Å². The van der Waals surface area contributed by atoms with Crippen LogP contribution in [0.4, 0.5) is 5.69 Å². The topological polar surface area (TPSA) is 87.6 Å². The molecule has 84 valence electrons. The van der Waals surface area contributed by atoms with Crippen molar-refractivity contribution in [1.82, 2.24) is 15.2 Å². The van der Waals surface area contributed by atoms with Crippen molar-refractivity contribution in [2.24, 2.45) is 0 Å². The van der Waals surface area contributed by atoms with Crippen LogP contribution in [0.3, 0.4) is 0 Å². The van der Waals surface area contributed by atoms with Gasteiger partial charge >= 0.3 is 0 Å². The van der Waals surface area contributed by atoms with Crippen LogP contribution >= 0.6 is 0 Å². The summed E-state index contributed by atoms with van der Waals surface area (Å²) in [5.74, 6) is 0. The number of aromatic nitrogens is 3. The maximum atomic E-state index is 10.6. The zero-order valence-corrected chi connectivity index (χ0v) is 8.68. The average molecular weight is 228 g/mol. The standard InChI is InChI=1S/C11H8N4O2/c16-15(17)7-3-4-8-10(6-7)13-14-11(8)9-2-1-5-12-9/h1-6,12H,(H,13,14). The highest BCUT2D eigenvalue weighted by atomic mass is 16.6. The van der Waals surface area contributed by atoms with Gasteiger partial charge in [0, 0.05) is 23.7 Å². The van der Waals surface area contributed by atoms with E-state index in [9.17, 15) is 10.1 Å². The smallest absolute Gasteiger partial charge is 0.271 e. The van der Waals surface area contributed by atoms with Gasteiger partial charge in [0.05, 0.1) is 16.1 Å². The van der Waals surface area contributed by atoms with E-state index in [0.29, 0.717) is 5.52 Å². The molecule has 0 radical (unpaired) electrons. The fraction of sp³-hybridized carbons (Fsp3) is 0. The third-order valence-corrected chi connectivity index (χ3v) is 2.61. The van der Waals surface area contributed by atoms with Crippen molar-refractivity contribution in [1.29, 1.82) is 0 Å². The maximum Gasteiger partial charge on any atom is 0.271 e. The Bertz CT molecular complexity index is 685. The van der Waals surface area contributed by atoms with Gasteiger partial charge in [0.15, 0.2) is 0 Å². The van der Waals surface area contributed by atoms with Gasteiger partial charge in [-0.15, -0.1) is 0 Å². The summed E-state index contributed by atoms with van der Waals surface area (Å²) in [6, 6.07) is 8.43. The molecule has 3 aromatic rings. The summed E-state index contributed by atoms with van der Waals surface area (Å²) >= 11 is 0. The van der Waals surface area contributed by atoms with Crippen LogP contribution in [0.5, 0.6) is 0 Å². The Kier molecular flexibility index (Phi) is 1.94. The molecule has 2 aromatic heterocycles. The summed E-state index contributed by atoms with van der Waals surface area (Å²) < 4.78 is 0. The highest BCUT2D eigenvalue weighted by Gasteiger charge is 2.12. The van der Waals surface area contributed by atoms with E-state index in [2.05, 4.69) is 15.2 Å². The van der Waals surface area contributed by atoms with Crippen molar-refractivity contribution in [3.63, 3.8) is 0 Å². The summed E-state index contributed by atoms with van der Waals surface area (Å²) in [4.78, 5) is 13.3. The SMILES string of the molecule is O=[N+]([O-])c1ccc2c(-c3ccc[nH]3)n[nH]c2c1. The first-order valence-electron chi connectivity index (χ1n) is 5.02. The van der Waals surface area contributed by atoms with Gasteiger partial charge in [-0.05, 0) is 18.2 Å². The molecule has 0 atom stereocenters. The number of nitro benzene ring substituents is 1. The number of nitro groups is 1. The number of non-ortho nitro benzene ring substituents is 1. The maximum absolute atomic E-state index is 10.6. The van der Waals surface area contributed by atoms with Gasteiger partial charge in [0.1, 0.15) is 5.69 Å². The lowest BCUT2D eigenvalue weighted by Gasteiger charge is -1.94. The van der Waals surface area contributed by atoms with Crippen LogP contribution in [0.1, 0.15) is 0 Å². The number of hydrogen-bond donors (Lipinski definition) is 2. The minimum Gasteiger partial charge on any atom is -0.360 e. The number of benzene rings is 1. The largest absolute Gasteiger partial charge is 0.360 e. The fourth-order valence-electron chi connectivity index (χ4n) is 1.80. The second kappa shape index (κ2) is 3.44. The summed E-state index contributed by atoms with van der Waals surface area (Å²) in [6.45, 7) is 0. The molecular formula is C11H8N4O2. The molecule has 0 fully saturated rings. The van der Waals surface area contributed by atoms with Crippen LogP contribution in [0.15, 0.2) is 36.5 Å². The molecule has 0 amide bonds. The minimum absolute atomic E-state index is 0.0548. The van der Waals surface area contributed by atoms with Crippen molar-refractivity contribution in [2.75, 3.05) is 0 Å². The highest BCUT2D eigenvalue weighted by molar-refractivity contribution is 5.93. The molecule has 0 saturated heterocycles. The molecule has 2 heterocycles. The van der Waals surface area contributed by atoms with Gasteiger partial charge in [-0.2, -0.15) is 5.10 Å². The first kappa shape index (κ1) is 9.59. The molecule has 0 bridgehead atoms. The molecule has 6 heteroatoms. The van der Waals surface area contributed by atoms with Gasteiger partial charge in [-0.25, -0.2) is 0 Å². The summed E-state index contributed by atoms with van der Waals surface area (Å²) in [7, 11) is 0. The average Bonchev–Trinajstić information content (AvgIpc) is 2.96. The lowest BCUT2D eigenvalue weighted by Crippen LogP contribution is -1.86. The van der Waals surface area contributed by atoms with E-state index >= 15 is 0 Å². The zero-order chi connectivity index (χ0) is 11.8. The molecule has 6 nitrogen and oxygen atoms in total. The molecule has 2 N–H and O–H groups in total. The van der Waals surface area contributed by atoms with E-state index in [1.165, 1.54) is 12.1 Å². The van der Waals surface area contributed by atoms with E-state index in [0.717, 1.165) is 16.8 Å². The molecule has 1 aromatic carbocycles. The van der Waals surface area contributed by atoms with Crippen molar-refractivity contribution in [3.8, 4) is 11.4 Å². The Morgan fingerprint density at radius 1 is 1.29 bits per heavy atom. The van der Waals surface area contributed by atoms with Crippen LogP contribution < -0.4 is 0 Å². The predicted octanol–water partition coefficient (Wildman–Crippen LogP) is 2.47. The molecule has 0 aliphatic heterocycles. The van der Waals surface area contributed by atoms with Gasteiger partial charge in [0.25, 0.3) is 5.69 Å². The summed E-state index contributed by atoms with van der Waals surface area (Å²) in [5.41, 5.74) is 2.35. The van der Waals surface area contributed by atoms with Crippen LogP contribution in [0, 0.1) is 10.1 Å². The fourth-order valence-corrected chi connectivity index (χ4v) is 1.80. The zero-order valence-electron chi connectivity index (χ0n) is 8.68. The molecule has 0 saturated carbocycles. The van der Waals surface area contributed by atoms with Crippen molar-refractivity contribution >= 4 is 16.6 Å². The Balaban J connectivity index is 2.21. The number of H-pyrrole nitrogens is 2. The third kappa shape index (κ3) is 1.46. The van der Waals surface area contributed by atoms with Gasteiger partial charge < -0.3 is 4.98 Å². The molecule has 0 unspecified atom stereocenters. The molecule has 0 spiro atoms. The second-order valence-corrected chi connectivity index (χ2v) is 3.64. The van der Waals surface area contributed by atoms with Crippen LogP contribution in [-0.4, -0.2) is 20.1 Å². The molecule has 3 rings (SSSR count). The third-order valence-electron chi connectivity index (χ3n) is 2.61. The first-order valence-corrected chi connectivity index (χ1v) is 5.02. The molecule has 17 heavy (non-hydrogen) atoms. The summed E-state index contributed by atoms with van der Waals surface area (Å²) in [5, 5.41) is 18.5. The first-order chi connectivity index (χ1) is 8.25. The van der Waals surface area contributed by atoms with E-state index < -0.39 is 4.92 Å². The lowest BCUT2D eigenvalue weighted by molar-refractivity contribution is -0.384. The van der Waals surface area contributed by atoms with Gasteiger partial charge in [0.2, 0.25) is 0 Å². The Morgan fingerprint density at radius 2 is 2.18 bits per heavy atom. The Morgan fingerprint density at radius 3 is 2.88 bits per heavy atom. The Labute approximate surface area is 95.4 Å². The van der Waals surface area contributed by atoms with Crippen molar-refractivity contribution < 1.29 is 4.92 Å². The molecule has 0 aliphatic rings. The quantitative estimate of drug-likeness (QED) is 0.521. The summed E-state index contributed by atoms with van der Waals surface area (Å²) in [6.07, 6.45) is 1.81. The number of fused-ring (bicyclic) bond motifs is 1. The number of nitrogens with zero attached hydrogens (tertiary/aromatic N) is 2. The number of aromatic amines is 2. The molecular weight excluding hydrogens is 220 g/mol. The molecule has 0 aliphatic carbocycles. The van der Waals surface area contributed by atoms with E-state index in [4.69, 9.17) is 0 Å². The van der Waals surface area contributed by atoms with E-state index in [1.54, 1.807) is 12.3 Å². The predicted molar refractivity (Wildman–Crippen MR) is 62.5 cm³/mol. The number of hydrogen-bond acceptors (Lipinski definition) is 3.